The van der Waals surface area contributed by atoms with Crippen LogP contribution in [0.4, 0.5) is 9.59 Å². The summed E-state index contributed by atoms with van der Waals surface area (Å²) in [4.78, 5) is 47.2. The molecule has 33 heavy (non-hydrogen) atoms. The lowest BCUT2D eigenvalue weighted by molar-refractivity contribution is -0.164. The largest absolute Gasteiger partial charge is 0.513 e. The number of carbonyl (C=O) groups excluding carboxylic acids is 4. The van der Waals surface area contributed by atoms with E-state index in [4.69, 9.17) is 24.7 Å². The van der Waals surface area contributed by atoms with Gasteiger partial charge in [0.1, 0.15) is 18.8 Å². The molecule has 0 aliphatic carbocycles. The maximum Gasteiger partial charge on any atom is 0.513 e. The molecular formula is C22H31NO10. The SMILES string of the molecule is CCC(C)(C)C(=O)OC[C@H](C)OC(=O)[C@@H](N)Cc1ccc(OC(=O)OC)c(OC(=O)OC)c1. The minimum atomic E-state index is -1.06. The van der Waals surface area contributed by atoms with Gasteiger partial charge in [-0.3, -0.25) is 9.59 Å². The summed E-state index contributed by atoms with van der Waals surface area (Å²) < 4.78 is 29.2. The van der Waals surface area contributed by atoms with Crippen LogP contribution in [0.25, 0.3) is 0 Å². The van der Waals surface area contributed by atoms with E-state index < -0.39 is 35.8 Å². The minimum Gasteiger partial charge on any atom is -0.461 e. The van der Waals surface area contributed by atoms with E-state index in [0.717, 1.165) is 14.2 Å². The van der Waals surface area contributed by atoms with Gasteiger partial charge < -0.3 is 34.2 Å². The molecule has 0 saturated carbocycles. The molecule has 0 unspecified atom stereocenters. The van der Waals surface area contributed by atoms with Crippen LogP contribution in [-0.4, -0.2) is 57.2 Å². The maximum atomic E-state index is 12.3. The van der Waals surface area contributed by atoms with Crippen LogP contribution in [-0.2, 0) is 35.0 Å². The Hall–Kier alpha value is -3.34. The van der Waals surface area contributed by atoms with Crippen molar-refractivity contribution in [3.05, 3.63) is 23.8 Å². The molecule has 0 saturated heterocycles. The van der Waals surface area contributed by atoms with Crippen LogP contribution in [0.2, 0.25) is 0 Å². The van der Waals surface area contributed by atoms with Crippen molar-refractivity contribution in [2.45, 2.75) is 52.7 Å². The van der Waals surface area contributed by atoms with Gasteiger partial charge in [-0.05, 0) is 51.3 Å². The first kappa shape index (κ1) is 27.7. The summed E-state index contributed by atoms with van der Waals surface area (Å²) in [6.07, 6.45) is -2.13. The second kappa shape index (κ2) is 12.6. The van der Waals surface area contributed by atoms with Gasteiger partial charge in [-0.1, -0.05) is 13.0 Å². The van der Waals surface area contributed by atoms with Crippen molar-refractivity contribution in [1.82, 2.24) is 0 Å². The number of rotatable bonds is 10. The molecule has 1 aromatic rings. The predicted octanol–water partition coefficient (Wildman–Crippen LogP) is 2.76. The molecule has 0 bridgehead atoms. The summed E-state index contributed by atoms with van der Waals surface area (Å²) >= 11 is 0. The van der Waals surface area contributed by atoms with E-state index >= 15 is 0 Å². The summed E-state index contributed by atoms with van der Waals surface area (Å²) in [5.41, 5.74) is 5.80. The average Bonchev–Trinajstić information content (AvgIpc) is 2.78. The number of benzene rings is 1. The van der Waals surface area contributed by atoms with E-state index in [1.54, 1.807) is 20.8 Å². The molecule has 0 aromatic heterocycles. The molecule has 0 aliphatic heterocycles. The van der Waals surface area contributed by atoms with E-state index in [2.05, 4.69) is 9.47 Å². The molecular weight excluding hydrogens is 438 g/mol. The van der Waals surface area contributed by atoms with Crippen LogP contribution in [0.3, 0.4) is 0 Å². The molecule has 0 radical (unpaired) electrons. The van der Waals surface area contributed by atoms with Gasteiger partial charge >= 0.3 is 24.2 Å². The fraction of sp³-hybridized carbons (Fsp3) is 0.545. The minimum absolute atomic E-state index is 0.0181. The summed E-state index contributed by atoms with van der Waals surface area (Å²) in [5.74, 6) is -1.33. The zero-order chi connectivity index (χ0) is 25.2. The number of methoxy groups -OCH3 is 2. The van der Waals surface area contributed by atoms with Crippen molar-refractivity contribution in [3.8, 4) is 11.5 Å². The third kappa shape index (κ3) is 8.97. The fourth-order valence-corrected chi connectivity index (χ4v) is 2.30. The summed E-state index contributed by atoms with van der Waals surface area (Å²) in [6, 6.07) is 3.17. The number of carbonyl (C=O) groups is 4. The van der Waals surface area contributed by atoms with Gasteiger partial charge in [-0.15, -0.1) is 0 Å². The van der Waals surface area contributed by atoms with Crippen LogP contribution < -0.4 is 15.2 Å². The van der Waals surface area contributed by atoms with Crippen LogP contribution in [0.15, 0.2) is 18.2 Å². The molecule has 184 valence electrons. The quantitative estimate of drug-likeness (QED) is 0.306. The molecule has 11 nitrogen and oxygen atoms in total. The van der Waals surface area contributed by atoms with Crippen molar-refractivity contribution in [2.24, 2.45) is 11.1 Å². The third-order valence-electron chi connectivity index (χ3n) is 4.69. The molecule has 0 spiro atoms. The third-order valence-corrected chi connectivity index (χ3v) is 4.69. The van der Waals surface area contributed by atoms with Crippen molar-refractivity contribution in [2.75, 3.05) is 20.8 Å². The standard InChI is InChI=1S/C22H31NO10/c1-7-22(3,4)19(25)30-12-13(2)31-18(24)15(23)10-14-8-9-16(32-20(26)28-5)17(11-14)33-21(27)29-6/h8-9,11,13,15H,7,10,12,23H2,1-6H3/t13-,15-/m0/s1. The Balaban J connectivity index is 2.78. The van der Waals surface area contributed by atoms with Gasteiger partial charge in [0.2, 0.25) is 0 Å². The Morgan fingerprint density at radius 3 is 2.12 bits per heavy atom. The lowest BCUT2D eigenvalue weighted by Crippen LogP contribution is -2.38. The number of nitrogens with two attached hydrogens (primary N) is 1. The van der Waals surface area contributed by atoms with Crippen LogP contribution >= 0.6 is 0 Å². The highest BCUT2D eigenvalue weighted by molar-refractivity contribution is 5.77. The molecule has 0 heterocycles. The van der Waals surface area contributed by atoms with Gasteiger partial charge in [-0.25, -0.2) is 9.59 Å². The number of hydrogen-bond acceptors (Lipinski definition) is 11. The van der Waals surface area contributed by atoms with Gasteiger partial charge in [0.05, 0.1) is 19.6 Å². The molecule has 2 atom stereocenters. The second-order valence-corrected chi connectivity index (χ2v) is 7.79. The Kier molecular flexibility index (Phi) is 10.6. The molecule has 1 aromatic carbocycles. The number of ether oxygens (including phenoxy) is 6. The molecule has 0 aliphatic rings. The van der Waals surface area contributed by atoms with E-state index in [-0.39, 0.29) is 30.5 Å². The molecule has 0 fully saturated rings. The Labute approximate surface area is 192 Å². The monoisotopic (exact) mass is 469 g/mol. The molecule has 11 heteroatoms. The van der Waals surface area contributed by atoms with E-state index in [1.165, 1.54) is 18.2 Å². The Morgan fingerprint density at radius 2 is 1.58 bits per heavy atom. The van der Waals surface area contributed by atoms with Crippen molar-refractivity contribution >= 4 is 24.2 Å². The second-order valence-electron chi connectivity index (χ2n) is 7.79. The van der Waals surface area contributed by atoms with Gasteiger partial charge in [0, 0.05) is 0 Å². The first-order chi connectivity index (χ1) is 15.4. The highest BCUT2D eigenvalue weighted by atomic mass is 16.7. The van der Waals surface area contributed by atoms with Gasteiger partial charge in [0.15, 0.2) is 11.5 Å². The van der Waals surface area contributed by atoms with Crippen LogP contribution in [0, 0.1) is 5.41 Å². The van der Waals surface area contributed by atoms with Crippen LogP contribution in [0.1, 0.15) is 39.7 Å². The molecule has 2 N–H and O–H groups in total. The Bertz CT molecular complexity index is 852. The first-order valence-electron chi connectivity index (χ1n) is 10.2. The summed E-state index contributed by atoms with van der Waals surface area (Å²) in [7, 11) is 2.23. The number of hydrogen-bond donors (Lipinski definition) is 1. The average molecular weight is 469 g/mol. The van der Waals surface area contributed by atoms with E-state index in [9.17, 15) is 19.2 Å². The highest BCUT2D eigenvalue weighted by Crippen LogP contribution is 2.30. The normalized spacial score (nSPS) is 12.7. The zero-order valence-electron chi connectivity index (χ0n) is 19.7. The van der Waals surface area contributed by atoms with Gasteiger partial charge in [0.25, 0.3) is 0 Å². The Morgan fingerprint density at radius 1 is 1.00 bits per heavy atom. The zero-order valence-corrected chi connectivity index (χ0v) is 19.7. The fourth-order valence-electron chi connectivity index (χ4n) is 2.30. The van der Waals surface area contributed by atoms with Gasteiger partial charge in [-0.2, -0.15) is 0 Å². The lowest BCUT2D eigenvalue weighted by Gasteiger charge is -2.22. The van der Waals surface area contributed by atoms with Crippen LogP contribution in [0.5, 0.6) is 11.5 Å². The maximum absolute atomic E-state index is 12.3. The highest BCUT2D eigenvalue weighted by Gasteiger charge is 2.28. The molecule has 0 amide bonds. The summed E-state index contributed by atoms with van der Waals surface area (Å²) in [5, 5.41) is 0. The van der Waals surface area contributed by atoms with Crippen molar-refractivity contribution < 1.29 is 47.6 Å². The smallest absolute Gasteiger partial charge is 0.461 e. The molecule has 1 rings (SSSR count). The number of esters is 2. The summed E-state index contributed by atoms with van der Waals surface area (Å²) in [6.45, 7) is 6.89. The van der Waals surface area contributed by atoms with E-state index in [1.807, 2.05) is 6.92 Å². The topological polar surface area (TPSA) is 150 Å². The first-order valence-corrected chi connectivity index (χ1v) is 10.2. The lowest BCUT2D eigenvalue weighted by atomic mass is 9.91. The van der Waals surface area contributed by atoms with Crippen molar-refractivity contribution in [1.29, 1.82) is 0 Å². The van der Waals surface area contributed by atoms with Crippen molar-refractivity contribution in [3.63, 3.8) is 0 Å². The predicted molar refractivity (Wildman–Crippen MR) is 115 cm³/mol. The van der Waals surface area contributed by atoms with E-state index in [0.29, 0.717) is 12.0 Å².